The molecule has 3 unspecified atom stereocenters. The van der Waals surface area contributed by atoms with Crippen molar-refractivity contribution in [3.05, 3.63) is 0 Å². The van der Waals surface area contributed by atoms with E-state index in [2.05, 4.69) is 4.90 Å². The quantitative estimate of drug-likeness (QED) is 0.775. The van der Waals surface area contributed by atoms with E-state index in [9.17, 15) is 4.79 Å². The molecular weight excluding hydrogens is 268 g/mol. The number of carbonyl (C=O) groups is 1. The van der Waals surface area contributed by atoms with E-state index >= 15 is 0 Å². The van der Waals surface area contributed by atoms with Crippen LogP contribution in [0.25, 0.3) is 0 Å². The van der Waals surface area contributed by atoms with Crippen LogP contribution in [0.1, 0.15) is 45.4 Å². The van der Waals surface area contributed by atoms with Gasteiger partial charge in [0.05, 0.1) is 19.3 Å². The van der Waals surface area contributed by atoms with Crippen LogP contribution in [0.5, 0.6) is 0 Å². The Labute approximate surface area is 127 Å². The molecule has 2 saturated carbocycles. The Balaban J connectivity index is 1.71. The molecule has 0 bridgehead atoms. The summed E-state index contributed by atoms with van der Waals surface area (Å²) in [5.41, 5.74) is 5.70. The smallest absolute Gasteiger partial charge is 0.327 e. The highest BCUT2D eigenvalue weighted by Gasteiger charge is 2.51. The molecule has 3 fully saturated rings. The first kappa shape index (κ1) is 15.3. The van der Waals surface area contributed by atoms with Crippen LogP contribution in [0, 0.1) is 5.92 Å². The van der Waals surface area contributed by atoms with Gasteiger partial charge in [-0.2, -0.15) is 0 Å². The lowest BCUT2D eigenvalue weighted by Gasteiger charge is -2.46. The van der Waals surface area contributed by atoms with E-state index in [-0.39, 0.29) is 5.97 Å². The minimum atomic E-state index is -0.824. The molecule has 0 amide bonds. The number of hydrogen-bond donors (Lipinski definition) is 1. The van der Waals surface area contributed by atoms with Crippen molar-refractivity contribution in [2.24, 2.45) is 11.7 Å². The summed E-state index contributed by atoms with van der Waals surface area (Å²) in [5, 5.41) is 0. The highest BCUT2D eigenvalue weighted by atomic mass is 16.5. The first-order valence-electron chi connectivity index (χ1n) is 8.47. The van der Waals surface area contributed by atoms with E-state index in [1.54, 1.807) is 0 Å². The number of morpholine rings is 1. The van der Waals surface area contributed by atoms with Crippen molar-refractivity contribution in [1.82, 2.24) is 4.90 Å². The number of ether oxygens (including phenoxy) is 2. The van der Waals surface area contributed by atoms with Gasteiger partial charge in [0.1, 0.15) is 5.54 Å². The molecular formula is C16H28N2O3. The summed E-state index contributed by atoms with van der Waals surface area (Å²) in [4.78, 5) is 14.8. The largest absolute Gasteiger partial charge is 0.465 e. The Bertz CT molecular complexity index is 384. The Hall–Kier alpha value is -0.650. The molecule has 0 aromatic carbocycles. The zero-order valence-corrected chi connectivity index (χ0v) is 13.1. The predicted octanol–water partition coefficient (Wildman–Crippen LogP) is 1.30. The minimum Gasteiger partial charge on any atom is -0.465 e. The standard InChI is InChI=1S/C16H28N2O3/c1-2-20-15(19)16(17,12-7-8-12)11-18-9-10-21-14-6-4-3-5-13(14)18/h12-14H,2-11,17H2,1H3. The number of rotatable bonds is 5. The average molecular weight is 296 g/mol. The Morgan fingerprint density at radius 1 is 1.33 bits per heavy atom. The number of carbonyl (C=O) groups excluding carboxylic acids is 1. The first-order valence-corrected chi connectivity index (χ1v) is 8.47. The Morgan fingerprint density at radius 3 is 2.81 bits per heavy atom. The van der Waals surface area contributed by atoms with Gasteiger partial charge < -0.3 is 15.2 Å². The molecule has 2 N–H and O–H groups in total. The molecule has 0 aromatic rings. The molecule has 0 radical (unpaired) electrons. The maximum atomic E-state index is 12.4. The third kappa shape index (κ3) is 3.10. The molecule has 0 aromatic heterocycles. The van der Waals surface area contributed by atoms with Gasteiger partial charge >= 0.3 is 5.97 Å². The maximum absolute atomic E-state index is 12.4. The van der Waals surface area contributed by atoms with Crippen molar-refractivity contribution in [1.29, 1.82) is 0 Å². The molecule has 1 aliphatic heterocycles. The van der Waals surface area contributed by atoms with Crippen molar-refractivity contribution in [2.45, 2.75) is 63.1 Å². The van der Waals surface area contributed by atoms with Crippen LogP contribution in [0.2, 0.25) is 0 Å². The molecule has 1 heterocycles. The Morgan fingerprint density at radius 2 is 2.10 bits per heavy atom. The molecule has 2 aliphatic carbocycles. The number of esters is 1. The SMILES string of the molecule is CCOC(=O)C(N)(CN1CCOC2CCCCC21)C1CC1. The van der Waals surface area contributed by atoms with Crippen LogP contribution in [0.4, 0.5) is 0 Å². The van der Waals surface area contributed by atoms with Crippen molar-refractivity contribution in [3.8, 4) is 0 Å². The number of fused-ring (bicyclic) bond motifs is 1. The van der Waals surface area contributed by atoms with Gasteiger partial charge in [-0.15, -0.1) is 0 Å². The fourth-order valence-electron chi connectivity index (χ4n) is 3.93. The lowest BCUT2D eigenvalue weighted by atomic mass is 9.87. The van der Waals surface area contributed by atoms with Crippen LogP contribution >= 0.6 is 0 Å². The molecule has 21 heavy (non-hydrogen) atoms. The summed E-state index contributed by atoms with van der Waals surface area (Å²) in [6.45, 7) is 4.51. The predicted molar refractivity (Wildman–Crippen MR) is 79.8 cm³/mol. The maximum Gasteiger partial charge on any atom is 0.327 e. The molecule has 0 spiro atoms. The van der Waals surface area contributed by atoms with Gasteiger partial charge in [-0.3, -0.25) is 4.90 Å². The second-order valence-electron chi connectivity index (χ2n) is 6.77. The molecule has 3 aliphatic rings. The fourth-order valence-corrected chi connectivity index (χ4v) is 3.93. The van der Waals surface area contributed by atoms with Gasteiger partial charge in [-0.25, -0.2) is 4.79 Å². The van der Waals surface area contributed by atoms with Gasteiger partial charge in [0.2, 0.25) is 0 Å². The van der Waals surface area contributed by atoms with Gasteiger partial charge in [0, 0.05) is 19.1 Å². The molecule has 3 rings (SSSR count). The number of nitrogens with two attached hydrogens (primary N) is 1. The molecule has 5 heteroatoms. The topological polar surface area (TPSA) is 64.8 Å². The zero-order chi connectivity index (χ0) is 14.9. The van der Waals surface area contributed by atoms with Crippen molar-refractivity contribution in [2.75, 3.05) is 26.3 Å². The Kier molecular flexibility index (Phi) is 4.52. The van der Waals surface area contributed by atoms with Crippen molar-refractivity contribution >= 4 is 5.97 Å². The van der Waals surface area contributed by atoms with Crippen molar-refractivity contribution < 1.29 is 14.3 Å². The lowest BCUT2D eigenvalue weighted by Crippen LogP contribution is -2.63. The monoisotopic (exact) mass is 296 g/mol. The third-order valence-corrected chi connectivity index (χ3v) is 5.27. The van der Waals surface area contributed by atoms with Gasteiger partial charge in [0.15, 0.2) is 0 Å². The van der Waals surface area contributed by atoms with Crippen LogP contribution in [-0.4, -0.2) is 54.9 Å². The number of nitrogens with zero attached hydrogens (tertiary/aromatic N) is 1. The lowest BCUT2D eigenvalue weighted by molar-refractivity contribution is -0.154. The zero-order valence-electron chi connectivity index (χ0n) is 13.1. The highest BCUT2D eigenvalue weighted by molar-refractivity contribution is 5.82. The van der Waals surface area contributed by atoms with Crippen LogP contribution < -0.4 is 5.73 Å². The van der Waals surface area contributed by atoms with E-state index in [0.717, 1.165) is 38.8 Å². The van der Waals surface area contributed by atoms with Crippen molar-refractivity contribution in [3.63, 3.8) is 0 Å². The first-order chi connectivity index (χ1) is 10.1. The van der Waals surface area contributed by atoms with Crippen LogP contribution in [0.15, 0.2) is 0 Å². The van der Waals surface area contributed by atoms with E-state index in [0.29, 0.717) is 31.2 Å². The molecule has 5 nitrogen and oxygen atoms in total. The summed E-state index contributed by atoms with van der Waals surface area (Å²) >= 11 is 0. The normalized spacial score (nSPS) is 33.0. The highest BCUT2D eigenvalue weighted by Crippen LogP contribution is 2.40. The van der Waals surface area contributed by atoms with Crippen LogP contribution in [-0.2, 0) is 14.3 Å². The van der Waals surface area contributed by atoms with Crippen LogP contribution in [0.3, 0.4) is 0 Å². The fraction of sp³-hybridized carbons (Fsp3) is 0.938. The second kappa shape index (κ2) is 6.23. The van der Waals surface area contributed by atoms with E-state index in [1.807, 2.05) is 6.92 Å². The van der Waals surface area contributed by atoms with Gasteiger partial charge in [-0.1, -0.05) is 12.8 Å². The summed E-state index contributed by atoms with van der Waals surface area (Å²) in [6, 6.07) is 0.434. The van der Waals surface area contributed by atoms with Gasteiger partial charge in [-0.05, 0) is 38.5 Å². The van der Waals surface area contributed by atoms with E-state index in [1.165, 1.54) is 12.8 Å². The molecule has 1 saturated heterocycles. The van der Waals surface area contributed by atoms with E-state index < -0.39 is 5.54 Å². The minimum absolute atomic E-state index is 0.216. The second-order valence-corrected chi connectivity index (χ2v) is 6.77. The summed E-state index contributed by atoms with van der Waals surface area (Å²) in [6.07, 6.45) is 7.24. The van der Waals surface area contributed by atoms with Gasteiger partial charge in [0.25, 0.3) is 0 Å². The summed E-state index contributed by atoms with van der Waals surface area (Å²) in [5.74, 6) is 0.0767. The summed E-state index contributed by atoms with van der Waals surface area (Å²) in [7, 11) is 0. The summed E-state index contributed by atoms with van der Waals surface area (Å²) < 4.78 is 11.2. The third-order valence-electron chi connectivity index (χ3n) is 5.27. The number of hydrogen-bond acceptors (Lipinski definition) is 5. The average Bonchev–Trinajstić information content (AvgIpc) is 3.33. The molecule has 3 atom stereocenters. The van der Waals surface area contributed by atoms with E-state index in [4.69, 9.17) is 15.2 Å². The molecule has 120 valence electrons.